The number of anilines is 1. The maximum Gasteiger partial charge on any atom is 0.183 e. The van der Waals surface area contributed by atoms with E-state index in [2.05, 4.69) is 49.5 Å². The van der Waals surface area contributed by atoms with E-state index in [4.69, 9.17) is 4.98 Å². The Labute approximate surface area is 139 Å². The van der Waals surface area contributed by atoms with Crippen LogP contribution in [0.3, 0.4) is 0 Å². The van der Waals surface area contributed by atoms with Crippen molar-refractivity contribution in [3.8, 4) is 0 Å². The van der Waals surface area contributed by atoms with E-state index in [1.54, 1.807) is 0 Å². The molecule has 0 aliphatic carbocycles. The van der Waals surface area contributed by atoms with Gasteiger partial charge in [0.1, 0.15) is 0 Å². The minimum Gasteiger partial charge on any atom is -0.361 e. The summed E-state index contributed by atoms with van der Waals surface area (Å²) in [4.78, 5) is 6.25. The Kier molecular flexibility index (Phi) is 7.44. The highest BCUT2D eigenvalue weighted by Gasteiger charge is 2.09. The molecule has 22 heavy (non-hydrogen) atoms. The fourth-order valence-electron chi connectivity index (χ4n) is 2.60. The second kappa shape index (κ2) is 9.62. The fraction of sp³-hybridized carbons (Fsp3) is 0.526. The summed E-state index contributed by atoms with van der Waals surface area (Å²) in [6.07, 6.45) is 8.58. The summed E-state index contributed by atoms with van der Waals surface area (Å²) >= 11 is 1.86. The Morgan fingerprint density at radius 2 is 1.82 bits per heavy atom. The van der Waals surface area contributed by atoms with Gasteiger partial charge >= 0.3 is 0 Å². The van der Waals surface area contributed by atoms with Gasteiger partial charge in [-0.1, -0.05) is 63.4 Å². The van der Waals surface area contributed by atoms with Crippen molar-refractivity contribution < 1.29 is 0 Å². The molecule has 0 atom stereocenters. The lowest BCUT2D eigenvalue weighted by Crippen LogP contribution is -2.04. The first-order valence-electron chi connectivity index (χ1n) is 8.59. The second-order valence-electron chi connectivity index (χ2n) is 5.72. The second-order valence-corrected chi connectivity index (χ2v) is 6.80. The SMILES string of the molecule is CCCCCCc1sc(NCCc2ccccc2)nc1CC. The Balaban J connectivity index is 1.82. The molecule has 1 heterocycles. The van der Waals surface area contributed by atoms with Crippen LogP contribution in [0, 0.1) is 0 Å². The van der Waals surface area contributed by atoms with Crippen molar-refractivity contribution in [2.45, 2.75) is 58.8 Å². The third kappa shape index (κ3) is 5.45. The predicted octanol–water partition coefficient (Wildman–Crippen LogP) is 5.48. The average Bonchev–Trinajstić information content (AvgIpc) is 2.95. The van der Waals surface area contributed by atoms with E-state index in [0.29, 0.717) is 0 Å². The first-order chi connectivity index (χ1) is 10.8. The molecule has 2 nitrogen and oxygen atoms in total. The number of nitrogens with zero attached hydrogens (tertiary/aromatic N) is 1. The number of nitrogens with one attached hydrogen (secondary N) is 1. The standard InChI is InChI=1S/C19H28N2S/c1-3-5-6-10-13-18-17(4-2)21-19(22-18)20-15-14-16-11-8-7-9-12-16/h7-9,11-12H,3-6,10,13-15H2,1-2H3,(H,20,21). The number of unbranched alkanes of at least 4 members (excludes halogenated alkanes) is 3. The maximum absolute atomic E-state index is 4.77. The summed E-state index contributed by atoms with van der Waals surface area (Å²) < 4.78 is 0. The molecule has 2 aromatic rings. The molecule has 0 aliphatic rings. The Bertz CT molecular complexity index is 534. The monoisotopic (exact) mass is 316 g/mol. The van der Waals surface area contributed by atoms with Gasteiger partial charge in [0, 0.05) is 11.4 Å². The Hall–Kier alpha value is -1.35. The van der Waals surface area contributed by atoms with Crippen LogP contribution in [0.25, 0.3) is 0 Å². The number of benzene rings is 1. The number of rotatable bonds is 10. The molecule has 0 spiro atoms. The zero-order valence-corrected chi connectivity index (χ0v) is 14.7. The van der Waals surface area contributed by atoms with Gasteiger partial charge in [0.2, 0.25) is 0 Å². The first-order valence-corrected chi connectivity index (χ1v) is 9.41. The Morgan fingerprint density at radius 3 is 2.55 bits per heavy atom. The molecule has 3 heteroatoms. The zero-order valence-electron chi connectivity index (χ0n) is 13.9. The van der Waals surface area contributed by atoms with Crippen LogP contribution in [0.4, 0.5) is 5.13 Å². The van der Waals surface area contributed by atoms with E-state index in [-0.39, 0.29) is 0 Å². The van der Waals surface area contributed by atoms with Gasteiger partial charge < -0.3 is 5.32 Å². The van der Waals surface area contributed by atoms with Crippen LogP contribution in [-0.4, -0.2) is 11.5 Å². The highest BCUT2D eigenvalue weighted by Crippen LogP contribution is 2.25. The van der Waals surface area contributed by atoms with Crippen LogP contribution in [0.15, 0.2) is 30.3 Å². The fourth-order valence-corrected chi connectivity index (χ4v) is 3.72. The summed E-state index contributed by atoms with van der Waals surface area (Å²) in [5.41, 5.74) is 2.67. The van der Waals surface area contributed by atoms with Crippen LogP contribution < -0.4 is 5.32 Å². The number of aryl methyl sites for hydroxylation is 2. The molecular weight excluding hydrogens is 288 g/mol. The number of aromatic nitrogens is 1. The number of hydrogen-bond donors (Lipinski definition) is 1. The molecule has 0 aliphatic heterocycles. The molecule has 0 saturated carbocycles. The Morgan fingerprint density at radius 1 is 1.00 bits per heavy atom. The molecule has 0 unspecified atom stereocenters. The van der Waals surface area contributed by atoms with Crippen molar-refractivity contribution >= 4 is 16.5 Å². The minimum absolute atomic E-state index is 0.954. The van der Waals surface area contributed by atoms with Gasteiger partial charge in [-0.05, 0) is 31.2 Å². The normalized spacial score (nSPS) is 10.8. The molecule has 2 rings (SSSR count). The van der Waals surface area contributed by atoms with Gasteiger partial charge in [0.25, 0.3) is 0 Å². The molecular formula is C19H28N2S. The third-order valence-corrected chi connectivity index (χ3v) is 5.02. The highest BCUT2D eigenvalue weighted by atomic mass is 32.1. The zero-order chi connectivity index (χ0) is 15.6. The third-order valence-electron chi connectivity index (χ3n) is 3.90. The number of hydrogen-bond acceptors (Lipinski definition) is 3. The van der Waals surface area contributed by atoms with Crippen LogP contribution in [0.1, 0.15) is 55.7 Å². The van der Waals surface area contributed by atoms with Gasteiger partial charge in [0.05, 0.1) is 5.69 Å². The molecule has 1 N–H and O–H groups in total. The molecule has 0 saturated heterocycles. The molecule has 120 valence electrons. The van der Waals surface area contributed by atoms with Gasteiger partial charge in [-0.3, -0.25) is 0 Å². The molecule has 1 aromatic heterocycles. The summed E-state index contributed by atoms with van der Waals surface area (Å²) in [5.74, 6) is 0. The van der Waals surface area contributed by atoms with Crippen molar-refractivity contribution in [1.29, 1.82) is 0 Å². The van der Waals surface area contributed by atoms with Crippen LogP contribution in [0.2, 0.25) is 0 Å². The lowest BCUT2D eigenvalue weighted by molar-refractivity contribution is 0.667. The highest BCUT2D eigenvalue weighted by molar-refractivity contribution is 7.15. The van der Waals surface area contributed by atoms with Gasteiger partial charge in [-0.25, -0.2) is 4.98 Å². The smallest absolute Gasteiger partial charge is 0.183 e. The molecule has 0 fully saturated rings. The van der Waals surface area contributed by atoms with Crippen molar-refractivity contribution in [2.75, 3.05) is 11.9 Å². The van der Waals surface area contributed by atoms with E-state index in [1.807, 2.05) is 11.3 Å². The topological polar surface area (TPSA) is 24.9 Å². The van der Waals surface area contributed by atoms with E-state index >= 15 is 0 Å². The quantitative estimate of drug-likeness (QED) is 0.587. The summed E-state index contributed by atoms with van der Waals surface area (Å²) in [7, 11) is 0. The molecule has 1 aromatic carbocycles. The van der Waals surface area contributed by atoms with Gasteiger partial charge in [0.15, 0.2) is 5.13 Å². The van der Waals surface area contributed by atoms with Gasteiger partial charge in [-0.2, -0.15) is 0 Å². The van der Waals surface area contributed by atoms with Crippen molar-refractivity contribution in [1.82, 2.24) is 4.98 Å². The average molecular weight is 317 g/mol. The van der Waals surface area contributed by atoms with Crippen molar-refractivity contribution in [2.24, 2.45) is 0 Å². The maximum atomic E-state index is 4.77. The van der Waals surface area contributed by atoms with Crippen LogP contribution >= 0.6 is 11.3 Å². The lowest BCUT2D eigenvalue weighted by Gasteiger charge is -2.02. The summed E-state index contributed by atoms with van der Waals surface area (Å²) in [6.45, 7) is 5.42. The predicted molar refractivity (Wildman–Crippen MR) is 98.0 cm³/mol. The molecule has 0 radical (unpaired) electrons. The first kappa shape index (κ1) is 17.0. The van der Waals surface area contributed by atoms with Gasteiger partial charge in [-0.15, -0.1) is 11.3 Å². The minimum atomic E-state index is 0.954. The van der Waals surface area contributed by atoms with E-state index < -0.39 is 0 Å². The molecule has 0 bridgehead atoms. The summed E-state index contributed by atoms with van der Waals surface area (Å²) in [6, 6.07) is 10.6. The number of thiazole rings is 1. The van der Waals surface area contributed by atoms with E-state index in [1.165, 1.54) is 48.2 Å². The lowest BCUT2D eigenvalue weighted by atomic mass is 10.1. The van der Waals surface area contributed by atoms with Crippen LogP contribution in [-0.2, 0) is 19.3 Å². The summed E-state index contributed by atoms with van der Waals surface area (Å²) in [5, 5.41) is 4.59. The van der Waals surface area contributed by atoms with E-state index in [0.717, 1.165) is 24.5 Å². The van der Waals surface area contributed by atoms with Crippen LogP contribution in [0.5, 0.6) is 0 Å². The van der Waals surface area contributed by atoms with Crippen molar-refractivity contribution in [3.05, 3.63) is 46.5 Å². The van der Waals surface area contributed by atoms with E-state index in [9.17, 15) is 0 Å². The van der Waals surface area contributed by atoms with Crippen molar-refractivity contribution in [3.63, 3.8) is 0 Å². The molecule has 0 amide bonds. The largest absolute Gasteiger partial charge is 0.361 e.